The lowest BCUT2D eigenvalue weighted by Gasteiger charge is -2.40. The maximum absolute atomic E-state index is 13.0. The number of ketones is 1. The molecule has 8 heteroatoms. The van der Waals surface area contributed by atoms with E-state index in [4.69, 9.17) is 14.0 Å². The van der Waals surface area contributed by atoms with Gasteiger partial charge in [0, 0.05) is 29.2 Å². The monoisotopic (exact) mass is 654 g/mol. The molecule has 0 bridgehead atoms. The minimum absolute atomic E-state index is 0.0218. The van der Waals surface area contributed by atoms with Crippen molar-refractivity contribution >= 4 is 40.1 Å². The Hall–Kier alpha value is -0.676. The maximum Gasteiger partial charge on any atom is 0.303 e. The normalized spacial score (nSPS) is 20.2. The highest BCUT2D eigenvalue weighted by atomic mass is 32.2. The smallest absolute Gasteiger partial charge is 0.303 e. The first-order valence-electron chi connectivity index (χ1n) is 16.8. The highest BCUT2D eigenvalue weighted by Gasteiger charge is 2.44. The molecular weight excluding hydrogens is 589 g/mol. The number of hydrogen-bond acceptors (Lipinski definition) is 5. The summed E-state index contributed by atoms with van der Waals surface area (Å²) in [5, 5.41) is 9.18. The summed E-state index contributed by atoms with van der Waals surface area (Å²) in [5.41, 5.74) is 0.909. The van der Waals surface area contributed by atoms with Crippen LogP contribution in [0.25, 0.3) is 0 Å². The van der Waals surface area contributed by atoms with E-state index in [2.05, 4.69) is 93.7 Å². The second-order valence-corrected chi connectivity index (χ2v) is 26.5. The fraction of sp³-hybridized carbons (Fsp3) is 0.829. The second kappa shape index (κ2) is 17.3. The molecule has 0 heterocycles. The van der Waals surface area contributed by atoms with Crippen LogP contribution in [-0.4, -0.2) is 51.5 Å². The molecular formula is C35H66O5SSi2. The Morgan fingerprint density at radius 2 is 1.60 bits per heavy atom. The van der Waals surface area contributed by atoms with Gasteiger partial charge in [-0.25, -0.2) is 0 Å². The number of aliphatic carboxylic acids is 1. The number of carbonyl (C=O) groups is 2. The zero-order valence-corrected chi connectivity index (χ0v) is 32.8. The Bertz CT molecular complexity index is 958. The average Bonchev–Trinajstić information content (AvgIpc) is 3.18. The van der Waals surface area contributed by atoms with E-state index in [1.165, 1.54) is 19.3 Å². The summed E-state index contributed by atoms with van der Waals surface area (Å²) < 4.78 is 14.1. The van der Waals surface area contributed by atoms with E-state index >= 15 is 0 Å². The second-order valence-electron chi connectivity index (χ2n) is 15.9. The zero-order chi connectivity index (χ0) is 33.2. The van der Waals surface area contributed by atoms with E-state index in [1.54, 1.807) is 18.7 Å². The Morgan fingerprint density at radius 1 is 1.00 bits per heavy atom. The van der Waals surface area contributed by atoms with Crippen LogP contribution in [0.2, 0.25) is 36.3 Å². The molecule has 1 N–H and O–H groups in total. The summed E-state index contributed by atoms with van der Waals surface area (Å²) in [4.78, 5) is 25.1. The van der Waals surface area contributed by atoms with Crippen molar-refractivity contribution in [3.8, 4) is 0 Å². The fourth-order valence-corrected chi connectivity index (χ4v) is 8.97. The van der Waals surface area contributed by atoms with Crippen LogP contribution >= 0.6 is 11.8 Å². The molecule has 0 fully saturated rings. The average molecular weight is 655 g/mol. The van der Waals surface area contributed by atoms with Gasteiger partial charge in [-0.2, -0.15) is 0 Å². The molecule has 0 spiro atoms. The van der Waals surface area contributed by atoms with Gasteiger partial charge in [0.15, 0.2) is 22.4 Å². The maximum atomic E-state index is 13.0. The van der Waals surface area contributed by atoms with Gasteiger partial charge in [0.1, 0.15) is 0 Å². The molecule has 0 amide bonds. The quantitative estimate of drug-likeness (QED) is 0.0849. The van der Waals surface area contributed by atoms with Crippen molar-refractivity contribution in [1.82, 2.24) is 0 Å². The van der Waals surface area contributed by atoms with Gasteiger partial charge in [0.25, 0.3) is 0 Å². The summed E-state index contributed by atoms with van der Waals surface area (Å²) >= 11 is 1.78. The first-order chi connectivity index (χ1) is 19.6. The molecule has 1 aliphatic rings. The van der Waals surface area contributed by atoms with E-state index in [9.17, 15) is 9.59 Å². The highest BCUT2D eigenvalue weighted by molar-refractivity contribution is 8.03. The van der Waals surface area contributed by atoms with Crippen LogP contribution in [-0.2, 0) is 18.4 Å². The Balaban J connectivity index is 3.43. The van der Waals surface area contributed by atoms with Crippen molar-refractivity contribution in [3.63, 3.8) is 0 Å². The van der Waals surface area contributed by atoms with E-state index < -0.39 is 22.6 Å². The SMILES string of the molecule is CCCC[C@@H](C)C[C@@H](C=C[C@@H]1C(SCCCCCC(=O)O)=C(C(C)=O)C[C@H]1O[Si](C)(C)C(C)(C)C)O[Si](C)(C)C(C)(C)C. The van der Waals surface area contributed by atoms with Crippen molar-refractivity contribution < 1.29 is 23.5 Å². The molecule has 1 aliphatic carbocycles. The van der Waals surface area contributed by atoms with Crippen LogP contribution in [0.4, 0.5) is 0 Å². The molecule has 0 aliphatic heterocycles. The third-order valence-corrected chi connectivity index (χ3v) is 20.2. The third-order valence-electron chi connectivity index (χ3n) is 9.85. The zero-order valence-electron chi connectivity index (χ0n) is 30.0. The standard InChI is InChI=1S/C35H66O5SSi2/c1-14-15-19-26(2)24-28(39-42(10,11)34(4,5)6)21-22-29-31(40-43(12,13)35(7,8)9)25-30(27(3)36)33(29)41-23-18-16-17-20-32(37)38/h21-22,26,28-29,31H,14-20,23-25H2,1-13H3,(H,37,38)/t26-,28-,29+,31-/m1/s1. The Kier molecular flexibility index (Phi) is 16.2. The van der Waals surface area contributed by atoms with Crippen LogP contribution in [0, 0.1) is 11.8 Å². The van der Waals surface area contributed by atoms with Crippen molar-refractivity contribution in [3.05, 3.63) is 22.6 Å². The number of carbonyl (C=O) groups excluding carboxylic acids is 1. The number of hydrogen-bond donors (Lipinski definition) is 1. The molecule has 1 rings (SSSR count). The molecule has 0 saturated heterocycles. The predicted molar refractivity (Wildman–Crippen MR) is 191 cm³/mol. The summed E-state index contributed by atoms with van der Waals surface area (Å²) in [5.74, 6) is 0.870. The minimum atomic E-state index is -2.09. The van der Waals surface area contributed by atoms with Crippen molar-refractivity contribution in [1.29, 1.82) is 0 Å². The van der Waals surface area contributed by atoms with Gasteiger partial charge in [-0.05, 0) is 74.1 Å². The molecule has 4 atom stereocenters. The lowest BCUT2D eigenvalue weighted by atomic mass is 9.96. The van der Waals surface area contributed by atoms with Gasteiger partial charge in [0.2, 0.25) is 0 Å². The van der Waals surface area contributed by atoms with Gasteiger partial charge in [-0.15, -0.1) is 11.8 Å². The van der Waals surface area contributed by atoms with Crippen LogP contribution in [0.5, 0.6) is 0 Å². The molecule has 43 heavy (non-hydrogen) atoms. The number of carboxylic acids is 1. The molecule has 250 valence electrons. The topological polar surface area (TPSA) is 72.8 Å². The van der Waals surface area contributed by atoms with Gasteiger partial charge < -0.3 is 14.0 Å². The fourth-order valence-electron chi connectivity index (χ4n) is 4.95. The summed E-state index contributed by atoms with van der Waals surface area (Å²) in [6.07, 6.45) is 12.6. The summed E-state index contributed by atoms with van der Waals surface area (Å²) in [6, 6.07) is 0. The van der Waals surface area contributed by atoms with Gasteiger partial charge >= 0.3 is 5.97 Å². The van der Waals surface area contributed by atoms with E-state index in [-0.39, 0.29) is 40.4 Å². The van der Waals surface area contributed by atoms with Crippen molar-refractivity contribution in [2.75, 3.05) is 5.75 Å². The molecule has 0 aromatic carbocycles. The van der Waals surface area contributed by atoms with Crippen LogP contribution in [0.15, 0.2) is 22.6 Å². The largest absolute Gasteiger partial charge is 0.481 e. The van der Waals surface area contributed by atoms with Crippen LogP contribution < -0.4 is 0 Å². The number of unbranched alkanes of at least 4 members (excludes halogenated alkanes) is 3. The lowest BCUT2D eigenvalue weighted by Crippen LogP contribution is -2.45. The third kappa shape index (κ3) is 13.3. The molecule has 0 unspecified atom stereocenters. The Morgan fingerprint density at radius 3 is 2.12 bits per heavy atom. The number of thioether (sulfide) groups is 1. The number of Topliss-reactive ketones (excluding diaryl/α,β-unsaturated/α-hetero) is 1. The molecule has 0 aromatic rings. The van der Waals surface area contributed by atoms with E-state index in [1.807, 2.05) is 0 Å². The predicted octanol–water partition coefficient (Wildman–Crippen LogP) is 10.8. The summed E-state index contributed by atoms with van der Waals surface area (Å²) in [7, 11) is -4.09. The summed E-state index contributed by atoms with van der Waals surface area (Å²) in [6.45, 7) is 29.3. The lowest BCUT2D eigenvalue weighted by molar-refractivity contribution is -0.137. The number of carboxylic acid groups (broad SMARTS) is 1. The first-order valence-corrected chi connectivity index (χ1v) is 23.6. The molecule has 0 saturated carbocycles. The number of rotatable bonds is 19. The van der Waals surface area contributed by atoms with Gasteiger partial charge in [0.05, 0.1) is 12.2 Å². The minimum Gasteiger partial charge on any atom is -0.481 e. The first kappa shape index (κ1) is 40.3. The van der Waals surface area contributed by atoms with Crippen LogP contribution in [0.3, 0.4) is 0 Å². The molecule has 0 aromatic heterocycles. The van der Waals surface area contributed by atoms with E-state index in [0.717, 1.165) is 35.5 Å². The van der Waals surface area contributed by atoms with E-state index in [0.29, 0.717) is 18.8 Å². The van der Waals surface area contributed by atoms with Crippen LogP contribution in [0.1, 0.15) is 120 Å². The Labute approximate surface area is 271 Å². The van der Waals surface area contributed by atoms with Crippen molar-refractivity contribution in [2.24, 2.45) is 11.8 Å². The molecule has 0 radical (unpaired) electrons. The molecule has 5 nitrogen and oxygen atoms in total. The van der Waals surface area contributed by atoms with Crippen molar-refractivity contribution in [2.45, 2.75) is 169 Å². The van der Waals surface area contributed by atoms with Gasteiger partial charge in [-0.1, -0.05) is 93.2 Å². The highest BCUT2D eigenvalue weighted by Crippen LogP contribution is 2.47. The van der Waals surface area contributed by atoms with Gasteiger partial charge in [-0.3, -0.25) is 9.59 Å².